The van der Waals surface area contributed by atoms with Gasteiger partial charge in [-0.2, -0.15) is 0 Å². The van der Waals surface area contributed by atoms with Gasteiger partial charge in [0.15, 0.2) is 6.10 Å². The second kappa shape index (κ2) is 7.50. The molecule has 0 fully saturated rings. The summed E-state index contributed by atoms with van der Waals surface area (Å²) in [6.45, 7) is 3.58. The number of ether oxygens (including phenoxy) is 1. The van der Waals surface area contributed by atoms with E-state index in [4.69, 9.17) is 9.15 Å². The molecule has 1 aliphatic carbocycles. The number of hydrogen-bond donors (Lipinski definition) is 1. The van der Waals surface area contributed by atoms with Crippen molar-refractivity contribution in [1.82, 2.24) is 5.32 Å². The van der Waals surface area contributed by atoms with Crippen molar-refractivity contribution >= 4 is 16.9 Å². The van der Waals surface area contributed by atoms with Crippen LogP contribution < -0.4 is 15.7 Å². The van der Waals surface area contributed by atoms with Gasteiger partial charge in [0, 0.05) is 17.5 Å². The monoisotopic (exact) mass is 377 g/mol. The topological polar surface area (TPSA) is 68.5 Å². The number of fused-ring (bicyclic) bond motifs is 2. The second-order valence-corrected chi connectivity index (χ2v) is 7.32. The standard InChI is InChI=1S/C23H23NO4/c1-14-12-22(25)28-21-13-17(10-11-18(14)21)27-15(2)23(26)24-20-9-5-7-16-6-3-4-8-19(16)20/h3-4,6,8,10-13,15,20H,5,7,9H2,1-2H3,(H,24,26). The van der Waals surface area contributed by atoms with E-state index in [9.17, 15) is 9.59 Å². The van der Waals surface area contributed by atoms with E-state index in [-0.39, 0.29) is 11.9 Å². The van der Waals surface area contributed by atoms with Crippen LogP contribution in [0.2, 0.25) is 0 Å². The molecule has 1 heterocycles. The van der Waals surface area contributed by atoms with Gasteiger partial charge in [-0.25, -0.2) is 4.79 Å². The van der Waals surface area contributed by atoms with Gasteiger partial charge in [0.2, 0.25) is 0 Å². The summed E-state index contributed by atoms with van der Waals surface area (Å²) in [5, 5.41) is 3.96. The summed E-state index contributed by atoms with van der Waals surface area (Å²) in [6.07, 6.45) is 2.37. The Morgan fingerprint density at radius 1 is 1.21 bits per heavy atom. The highest BCUT2D eigenvalue weighted by atomic mass is 16.5. The van der Waals surface area contributed by atoms with Crippen LogP contribution >= 0.6 is 0 Å². The van der Waals surface area contributed by atoms with Gasteiger partial charge in [-0.1, -0.05) is 24.3 Å². The second-order valence-electron chi connectivity index (χ2n) is 7.32. The van der Waals surface area contributed by atoms with Crippen LogP contribution in [0.5, 0.6) is 5.75 Å². The summed E-state index contributed by atoms with van der Waals surface area (Å²) >= 11 is 0. The Kier molecular flexibility index (Phi) is 4.90. The predicted octanol–water partition coefficient (Wildman–Crippen LogP) is 4.06. The number of aryl methyl sites for hydroxylation is 2. The maximum Gasteiger partial charge on any atom is 0.336 e. The van der Waals surface area contributed by atoms with Crippen LogP contribution in [-0.2, 0) is 11.2 Å². The van der Waals surface area contributed by atoms with Gasteiger partial charge in [-0.3, -0.25) is 4.79 Å². The van der Waals surface area contributed by atoms with Crippen molar-refractivity contribution in [2.75, 3.05) is 0 Å². The van der Waals surface area contributed by atoms with E-state index < -0.39 is 11.7 Å². The van der Waals surface area contributed by atoms with Crippen molar-refractivity contribution in [2.24, 2.45) is 0 Å². The maximum absolute atomic E-state index is 12.7. The number of nitrogens with one attached hydrogen (secondary N) is 1. The molecule has 4 rings (SSSR count). The molecular weight excluding hydrogens is 354 g/mol. The number of carbonyl (C=O) groups excluding carboxylic acids is 1. The van der Waals surface area contributed by atoms with Crippen molar-refractivity contribution in [1.29, 1.82) is 0 Å². The lowest BCUT2D eigenvalue weighted by Gasteiger charge is -2.27. The minimum Gasteiger partial charge on any atom is -0.481 e. The first kappa shape index (κ1) is 18.3. The van der Waals surface area contributed by atoms with E-state index in [1.807, 2.05) is 25.1 Å². The summed E-state index contributed by atoms with van der Waals surface area (Å²) < 4.78 is 11.1. The highest BCUT2D eigenvalue weighted by molar-refractivity contribution is 5.83. The molecule has 0 spiro atoms. The Morgan fingerprint density at radius 2 is 2.04 bits per heavy atom. The zero-order chi connectivity index (χ0) is 19.7. The molecule has 3 aromatic rings. The third-order valence-corrected chi connectivity index (χ3v) is 5.29. The molecular formula is C23H23NO4. The fourth-order valence-corrected chi connectivity index (χ4v) is 3.83. The quantitative estimate of drug-likeness (QED) is 0.696. The Balaban J connectivity index is 1.48. The maximum atomic E-state index is 12.7. The lowest BCUT2D eigenvalue weighted by atomic mass is 9.87. The zero-order valence-corrected chi connectivity index (χ0v) is 16.0. The van der Waals surface area contributed by atoms with Gasteiger partial charge in [-0.05, 0) is 61.9 Å². The number of benzene rings is 2. The number of hydrogen-bond acceptors (Lipinski definition) is 4. The van der Waals surface area contributed by atoms with E-state index in [1.165, 1.54) is 17.2 Å². The first-order valence-electron chi connectivity index (χ1n) is 9.60. The molecule has 0 saturated carbocycles. The molecule has 1 amide bonds. The van der Waals surface area contributed by atoms with Gasteiger partial charge >= 0.3 is 5.63 Å². The van der Waals surface area contributed by atoms with Crippen LogP contribution in [0.15, 0.2) is 57.7 Å². The zero-order valence-electron chi connectivity index (χ0n) is 16.0. The molecule has 1 aliphatic rings. The highest BCUT2D eigenvalue weighted by Gasteiger charge is 2.24. The normalized spacial score (nSPS) is 17.0. The summed E-state index contributed by atoms with van der Waals surface area (Å²) in [7, 11) is 0. The van der Waals surface area contributed by atoms with E-state index in [0.717, 1.165) is 30.2 Å². The van der Waals surface area contributed by atoms with Gasteiger partial charge in [-0.15, -0.1) is 0 Å². The Labute approximate surface area is 163 Å². The van der Waals surface area contributed by atoms with E-state index in [0.29, 0.717) is 11.3 Å². The molecule has 2 aromatic carbocycles. The smallest absolute Gasteiger partial charge is 0.336 e. The molecule has 0 bridgehead atoms. The number of rotatable bonds is 4. The average molecular weight is 377 g/mol. The largest absolute Gasteiger partial charge is 0.481 e. The molecule has 28 heavy (non-hydrogen) atoms. The minimum atomic E-state index is -0.664. The minimum absolute atomic E-state index is 0.0146. The molecule has 5 nitrogen and oxygen atoms in total. The molecule has 0 saturated heterocycles. The van der Waals surface area contributed by atoms with Gasteiger partial charge in [0.05, 0.1) is 6.04 Å². The molecule has 0 radical (unpaired) electrons. The fourth-order valence-electron chi connectivity index (χ4n) is 3.83. The predicted molar refractivity (Wildman–Crippen MR) is 108 cm³/mol. The Morgan fingerprint density at radius 3 is 2.89 bits per heavy atom. The SMILES string of the molecule is Cc1cc(=O)oc2cc(OC(C)C(=O)NC3CCCc4ccccc43)ccc12. The average Bonchev–Trinajstić information content (AvgIpc) is 2.67. The van der Waals surface area contributed by atoms with E-state index >= 15 is 0 Å². The van der Waals surface area contributed by atoms with Gasteiger partial charge in [0.1, 0.15) is 11.3 Å². The molecule has 2 unspecified atom stereocenters. The Hall–Kier alpha value is -3.08. The summed E-state index contributed by atoms with van der Waals surface area (Å²) in [4.78, 5) is 24.3. The molecule has 1 aromatic heterocycles. The van der Waals surface area contributed by atoms with Crippen molar-refractivity contribution < 1.29 is 13.9 Å². The molecule has 0 aliphatic heterocycles. The summed E-state index contributed by atoms with van der Waals surface area (Å²) in [6, 6.07) is 15.0. The van der Waals surface area contributed by atoms with E-state index in [2.05, 4.69) is 17.4 Å². The van der Waals surface area contributed by atoms with Crippen LogP contribution in [0.25, 0.3) is 11.0 Å². The number of carbonyl (C=O) groups is 1. The summed E-state index contributed by atoms with van der Waals surface area (Å²) in [5.74, 6) is 0.334. The molecule has 144 valence electrons. The van der Waals surface area contributed by atoms with Crippen LogP contribution in [0.4, 0.5) is 0 Å². The van der Waals surface area contributed by atoms with Crippen molar-refractivity contribution in [3.05, 3.63) is 75.6 Å². The third-order valence-electron chi connectivity index (χ3n) is 5.29. The lowest BCUT2D eigenvalue weighted by Crippen LogP contribution is -2.39. The van der Waals surface area contributed by atoms with Gasteiger partial charge < -0.3 is 14.5 Å². The Bertz CT molecular complexity index is 1090. The van der Waals surface area contributed by atoms with Crippen LogP contribution in [0.1, 0.15) is 42.5 Å². The van der Waals surface area contributed by atoms with Crippen molar-refractivity contribution in [3.63, 3.8) is 0 Å². The fraction of sp³-hybridized carbons (Fsp3) is 0.304. The highest BCUT2D eigenvalue weighted by Crippen LogP contribution is 2.29. The lowest BCUT2D eigenvalue weighted by molar-refractivity contribution is -0.128. The van der Waals surface area contributed by atoms with Crippen molar-refractivity contribution in [3.8, 4) is 5.75 Å². The van der Waals surface area contributed by atoms with Crippen LogP contribution in [-0.4, -0.2) is 12.0 Å². The molecule has 2 atom stereocenters. The number of amides is 1. The third kappa shape index (κ3) is 3.65. The first-order valence-corrected chi connectivity index (χ1v) is 9.60. The van der Waals surface area contributed by atoms with Crippen LogP contribution in [0.3, 0.4) is 0 Å². The molecule has 5 heteroatoms. The first-order chi connectivity index (χ1) is 13.5. The van der Waals surface area contributed by atoms with Gasteiger partial charge in [0.25, 0.3) is 5.91 Å². The van der Waals surface area contributed by atoms with Crippen LogP contribution in [0, 0.1) is 6.92 Å². The molecule has 1 N–H and O–H groups in total. The summed E-state index contributed by atoms with van der Waals surface area (Å²) in [5.41, 5.74) is 3.39. The van der Waals surface area contributed by atoms with Crippen molar-refractivity contribution in [2.45, 2.75) is 45.3 Å². The van der Waals surface area contributed by atoms with E-state index in [1.54, 1.807) is 19.1 Å².